The summed E-state index contributed by atoms with van der Waals surface area (Å²) in [5, 5.41) is 28.5. The molecule has 0 bridgehead atoms. The smallest absolute Gasteiger partial charge is 0.186 e. The van der Waals surface area contributed by atoms with Crippen molar-refractivity contribution < 1.29 is 29.6 Å². The number of hydrogen-bond donors (Lipinski definition) is 3. The Kier molecular flexibility index (Phi) is 5.16. The van der Waals surface area contributed by atoms with Gasteiger partial charge in [-0.15, -0.1) is 0 Å². The van der Waals surface area contributed by atoms with E-state index in [-0.39, 0.29) is 10.9 Å². The second kappa shape index (κ2) is 5.95. The molecule has 5 unspecified atom stereocenters. The number of ether oxygens (including phenoxy) is 2. The lowest BCUT2D eigenvalue weighted by Gasteiger charge is -2.39. The van der Waals surface area contributed by atoms with Crippen LogP contribution in [0.5, 0.6) is 0 Å². The van der Waals surface area contributed by atoms with Crippen LogP contribution in [-0.2, 0) is 14.3 Å². The van der Waals surface area contributed by atoms with Crippen LogP contribution in [0.15, 0.2) is 0 Å². The Balaban J connectivity index is 2.60. The molecule has 0 aromatic carbocycles. The zero-order chi connectivity index (χ0) is 12.3. The number of rotatable bonds is 3. The number of aliphatic hydroxyl groups excluding tert-OH is 3. The highest BCUT2D eigenvalue weighted by molar-refractivity contribution is 8.13. The van der Waals surface area contributed by atoms with Crippen molar-refractivity contribution in [2.24, 2.45) is 0 Å². The van der Waals surface area contributed by atoms with Gasteiger partial charge in [0.15, 0.2) is 11.4 Å². The van der Waals surface area contributed by atoms with E-state index in [1.54, 1.807) is 0 Å². The van der Waals surface area contributed by atoms with Gasteiger partial charge in [-0.2, -0.15) is 0 Å². The van der Waals surface area contributed by atoms with E-state index in [1.165, 1.54) is 14.0 Å². The average Bonchev–Trinajstić information content (AvgIpc) is 2.25. The lowest BCUT2D eigenvalue weighted by Crippen LogP contribution is -2.58. The van der Waals surface area contributed by atoms with Gasteiger partial charge in [-0.1, -0.05) is 11.8 Å². The third kappa shape index (κ3) is 3.16. The molecule has 0 aromatic heterocycles. The zero-order valence-corrected chi connectivity index (χ0v) is 9.88. The first-order valence-electron chi connectivity index (χ1n) is 4.83. The quantitative estimate of drug-likeness (QED) is 0.575. The van der Waals surface area contributed by atoms with E-state index in [0.29, 0.717) is 0 Å². The first-order chi connectivity index (χ1) is 7.47. The molecule has 0 spiro atoms. The van der Waals surface area contributed by atoms with Gasteiger partial charge in [0.1, 0.15) is 18.3 Å². The van der Waals surface area contributed by atoms with E-state index in [0.717, 1.165) is 11.8 Å². The lowest BCUT2D eigenvalue weighted by molar-refractivity contribution is -0.284. The largest absolute Gasteiger partial charge is 0.388 e. The van der Waals surface area contributed by atoms with Gasteiger partial charge in [0.25, 0.3) is 0 Å². The molecule has 1 aliphatic rings. The van der Waals surface area contributed by atoms with Crippen molar-refractivity contribution >= 4 is 16.9 Å². The first kappa shape index (κ1) is 13.9. The van der Waals surface area contributed by atoms with E-state index in [2.05, 4.69) is 0 Å². The fourth-order valence-corrected chi connectivity index (χ4v) is 2.12. The monoisotopic (exact) mass is 252 g/mol. The second-order valence-electron chi connectivity index (χ2n) is 3.55. The summed E-state index contributed by atoms with van der Waals surface area (Å²) in [5.74, 6) is 0.208. The summed E-state index contributed by atoms with van der Waals surface area (Å²) >= 11 is 0.985. The van der Waals surface area contributed by atoms with Gasteiger partial charge >= 0.3 is 0 Å². The van der Waals surface area contributed by atoms with Crippen molar-refractivity contribution in [3.63, 3.8) is 0 Å². The first-order valence-corrected chi connectivity index (χ1v) is 5.81. The van der Waals surface area contributed by atoms with Crippen LogP contribution in [0.4, 0.5) is 0 Å². The third-order valence-corrected chi connectivity index (χ3v) is 3.25. The molecule has 1 fully saturated rings. The summed E-state index contributed by atoms with van der Waals surface area (Å²) in [6.45, 7) is 1.40. The molecular weight excluding hydrogens is 236 g/mol. The predicted molar refractivity (Wildman–Crippen MR) is 56.8 cm³/mol. The molecule has 5 atom stereocenters. The van der Waals surface area contributed by atoms with Gasteiger partial charge < -0.3 is 24.8 Å². The standard InChI is InChI=1S/C9H16O6S/c1-4(10)16-3-5-6(11)7(12)8(13)9(14-2)15-5/h5-9,11-13H,3H2,1-2H3. The predicted octanol–water partition coefficient (Wildman–Crippen LogP) is -1.28. The van der Waals surface area contributed by atoms with E-state index < -0.39 is 30.7 Å². The fourth-order valence-electron chi connectivity index (χ4n) is 1.45. The summed E-state index contributed by atoms with van der Waals surface area (Å²) < 4.78 is 10.0. The van der Waals surface area contributed by atoms with Crippen LogP contribution in [0.3, 0.4) is 0 Å². The van der Waals surface area contributed by atoms with E-state index in [9.17, 15) is 20.1 Å². The van der Waals surface area contributed by atoms with Gasteiger partial charge in [0.2, 0.25) is 0 Å². The summed E-state index contributed by atoms with van der Waals surface area (Å²) in [4.78, 5) is 10.8. The van der Waals surface area contributed by atoms with Gasteiger partial charge in [-0.25, -0.2) is 0 Å². The minimum Gasteiger partial charge on any atom is -0.388 e. The minimum absolute atomic E-state index is 0.106. The van der Waals surface area contributed by atoms with Crippen LogP contribution in [-0.4, -0.2) is 64.0 Å². The van der Waals surface area contributed by atoms with E-state index >= 15 is 0 Å². The molecule has 1 aliphatic heterocycles. The molecule has 1 heterocycles. The Morgan fingerprint density at radius 3 is 2.44 bits per heavy atom. The summed E-state index contributed by atoms with van der Waals surface area (Å²) in [7, 11) is 1.33. The van der Waals surface area contributed by atoms with Crippen LogP contribution in [0.2, 0.25) is 0 Å². The van der Waals surface area contributed by atoms with Crippen LogP contribution >= 0.6 is 11.8 Å². The van der Waals surface area contributed by atoms with Gasteiger partial charge in [-0.05, 0) is 0 Å². The molecule has 0 saturated carbocycles. The van der Waals surface area contributed by atoms with E-state index in [1.807, 2.05) is 0 Å². The van der Waals surface area contributed by atoms with Crippen molar-refractivity contribution in [1.82, 2.24) is 0 Å². The maximum absolute atomic E-state index is 10.8. The number of aliphatic hydroxyl groups is 3. The Morgan fingerprint density at radius 2 is 1.94 bits per heavy atom. The number of methoxy groups -OCH3 is 1. The number of carbonyl (C=O) groups is 1. The highest BCUT2D eigenvalue weighted by Crippen LogP contribution is 2.24. The SMILES string of the molecule is COC1OC(CSC(C)=O)C(O)C(O)C1O. The molecule has 6 nitrogen and oxygen atoms in total. The lowest BCUT2D eigenvalue weighted by atomic mass is 10.00. The molecule has 16 heavy (non-hydrogen) atoms. The Hall–Kier alpha value is -0.180. The zero-order valence-electron chi connectivity index (χ0n) is 9.07. The second-order valence-corrected chi connectivity index (χ2v) is 4.75. The van der Waals surface area contributed by atoms with Crippen molar-refractivity contribution in [1.29, 1.82) is 0 Å². The molecule has 0 amide bonds. The average molecular weight is 252 g/mol. The van der Waals surface area contributed by atoms with Crippen LogP contribution in [0, 0.1) is 0 Å². The Labute approximate surface area is 97.5 Å². The molecule has 1 rings (SSSR count). The van der Waals surface area contributed by atoms with Crippen molar-refractivity contribution in [3.8, 4) is 0 Å². The highest BCUT2D eigenvalue weighted by Gasteiger charge is 2.43. The molecule has 7 heteroatoms. The molecule has 0 radical (unpaired) electrons. The van der Waals surface area contributed by atoms with Crippen LogP contribution in [0.1, 0.15) is 6.92 Å². The number of thioether (sulfide) groups is 1. The Bertz CT molecular complexity index is 246. The number of hydrogen-bond acceptors (Lipinski definition) is 7. The molecule has 0 aliphatic carbocycles. The van der Waals surface area contributed by atoms with Crippen molar-refractivity contribution in [2.75, 3.05) is 12.9 Å². The third-order valence-electron chi connectivity index (χ3n) is 2.35. The van der Waals surface area contributed by atoms with Crippen LogP contribution in [0.25, 0.3) is 0 Å². The van der Waals surface area contributed by atoms with Crippen molar-refractivity contribution in [3.05, 3.63) is 0 Å². The fraction of sp³-hybridized carbons (Fsp3) is 0.889. The van der Waals surface area contributed by atoms with Gasteiger partial charge in [0, 0.05) is 19.8 Å². The maximum atomic E-state index is 10.8. The van der Waals surface area contributed by atoms with E-state index in [4.69, 9.17) is 9.47 Å². The molecule has 0 aromatic rings. The topological polar surface area (TPSA) is 96.2 Å². The summed E-state index contributed by atoms with van der Waals surface area (Å²) in [6, 6.07) is 0. The molecule has 94 valence electrons. The molecular formula is C9H16O6S. The Morgan fingerprint density at radius 1 is 1.31 bits per heavy atom. The summed E-state index contributed by atoms with van der Waals surface area (Å²) in [6.07, 6.45) is -5.59. The van der Waals surface area contributed by atoms with Gasteiger partial charge in [-0.3, -0.25) is 4.79 Å². The van der Waals surface area contributed by atoms with Crippen LogP contribution < -0.4 is 0 Å². The summed E-state index contributed by atoms with van der Waals surface area (Å²) in [5.41, 5.74) is 0. The molecule has 3 N–H and O–H groups in total. The number of carbonyl (C=O) groups excluding carboxylic acids is 1. The van der Waals surface area contributed by atoms with Crippen molar-refractivity contribution in [2.45, 2.75) is 37.6 Å². The minimum atomic E-state index is -1.34. The normalized spacial score (nSPS) is 39.7. The highest BCUT2D eigenvalue weighted by atomic mass is 32.2. The maximum Gasteiger partial charge on any atom is 0.186 e. The van der Waals surface area contributed by atoms with Gasteiger partial charge in [0.05, 0.1) is 6.10 Å². The molecule has 1 saturated heterocycles.